The maximum Gasteiger partial charge on any atom is 0.0462 e. The van der Waals surface area contributed by atoms with Crippen LogP contribution in [-0.4, -0.2) is 19.4 Å². The Bertz CT molecular complexity index is 158. The second kappa shape index (κ2) is 5.38. The molecule has 0 radical (unpaired) electrons. The van der Waals surface area contributed by atoms with E-state index in [-0.39, 0.29) is 5.41 Å². The van der Waals surface area contributed by atoms with Crippen LogP contribution in [0.5, 0.6) is 0 Å². The van der Waals surface area contributed by atoms with Crippen LogP contribution >= 0.6 is 0 Å². The zero-order valence-corrected chi connectivity index (χ0v) is 9.61. The fraction of sp³-hybridized carbons (Fsp3) is 0.909. The van der Waals surface area contributed by atoms with Gasteiger partial charge in [-0.3, -0.25) is 0 Å². The summed E-state index contributed by atoms with van der Waals surface area (Å²) in [5.41, 5.74) is 0.871. The van der Waals surface area contributed by atoms with Gasteiger partial charge in [0.1, 0.15) is 0 Å². The van der Waals surface area contributed by atoms with Crippen LogP contribution in [0.25, 0.3) is 0 Å². The van der Waals surface area contributed by atoms with Gasteiger partial charge in [0.2, 0.25) is 0 Å². The molecule has 0 amide bonds. The molecule has 0 aliphatic rings. The Morgan fingerprint density at radius 3 is 2.31 bits per heavy atom. The molecule has 0 heterocycles. The Hall–Kier alpha value is -0.370. The van der Waals surface area contributed by atoms with Gasteiger partial charge in [-0.15, -0.1) is 0 Å². The number of rotatable bonds is 5. The molecule has 1 atom stereocenters. The monoisotopic (exact) mass is 185 g/mol. The predicted octanol–water partition coefficient (Wildman–Crippen LogP) is 3.11. The fourth-order valence-corrected chi connectivity index (χ4v) is 1.42. The second-order valence-corrected chi connectivity index (χ2v) is 4.70. The quantitative estimate of drug-likeness (QED) is 0.518. The summed E-state index contributed by atoms with van der Waals surface area (Å²) >= 11 is 0. The molecule has 13 heavy (non-hydrogen) atoms. The molecule has 2 heteroatoms. The number of hydrogen-bond acceptors (Lipinski definition) is 2. The molecule has 0 fully saturated rings. The van der Waals surface area contributed by atoms with Crippen LogP contribution < -0.4 is 0 Å². The van der Waals surface area contributed by atoms with E-state index >= 15 is 0 Å². The first kappa shape index (κ1) is 12.6. The van der Waals surface area contributed by atoms with Gasteiger partial charge in [-0.05, 0) is 24.2 Å². The van der Waals surface area contributed by atoms with Crippen LogP contribution in [-0.2, 0) is 4.74 Å². The highest BCUT2D eigenvalue weighted by Gasteiger charge is 2.21. The van der Waals surface area contributed by atoms with E-state index in [1.54, 1.807) is 7.11 Å². The zero-order chi connectivity index (χ0) is 10.5. The van der Waals surface area contributed by atoms with Crippen LogP contribution in [0.1, 0.15) is 40.5 Å². The molecule has 1 unspecified atom stereocenters. The first-order chi connectivity index (χ1) is 5.89. The van der Waals surface area contributed by atoms with Gasteiger partial charge < -0.3 is 10.1 Å². The lowest BCUT2D eigenvalue weighted by Gasteiger charge is -2.25. The van der Waals surface area contributed by atoms with Crippen molar-refractivity contribution >= 4 is 5.71 Å². The number of ether oxygens (including phenoxy) is 1. The molecular weight excluding hydrogens is 162 g/mol. The fourth-order valence-electron chi connectivity index (χ4n) is 1.42. The molecule has 0 aliphatic carbocycles. The molecule has 1 N–H and O–H groups in total. The van der Waals surface area contributed by atoms with E-state index < -0.39 is 0 Å². The molecule has 0 saturated carbocycles. The predicted molar refractivity (Wildman–Crippen MR) is 57.5 cm³/mol. The van der Waals surface area contributed by atoms with Crippen molar-refractivity contribution in [2.75, 3.05) is 13.7 Å². The van der Waals surface area contributed by atoms with Crippen molar-refractivity contribution in [2.24, 2.45) is 11.3 Å². The van der Waals surface area contributed by atoms with Gasteiger partial charge in [0.05, 0.1) is 0 Å². The van der Waals surface area contributed by atoms with Gasteiger partial charge in [0.15, 0.2) is 0 Å². The Labute approximate surface area is 82.2 Å². The van der Waals surface area contributed by atoms with Crippen LogP contribution in [0, 0.1) is 16.7 Å². The topological polar surface area (TPSA) is 33.1 Å². The number of hydrogen-bond donors (Lipinski definition) is 1. The first-order valence-electron chi connectivity index (χ1n) is 4.97. The van der Waals surface area contributed by atoms with Crippen molar-refractivity contribution in [3.05, 3.63) is 0 Å². The minimum absolute atomic E-state index is 0.0203. The third-order valence-electron chi connectivity index (χ3n) is 2.29. The van der Waals surface area contributed by atoms with Crippen LogP contribution in [0.3, 0.4) is 0 Å². The van der Waals surface area contributed by atoms with E-state index in [1.807, 2.05) is 0 Å². The lowest BCUT2D eigenvalue weighted by atomic mass is 9.81. The summed E-state index contributed by atoms with van der Waals surface area (Å²) in [5, 5.41) is 7.94. The standard InChI is InChI=1S/C11H23NO/c1-9(7-6-8-13-5)10(12)11(2,3)4/h9,12H,6-8H2,1-5H3. The largest absolute Gasteiger partial charge is 0.385 e. The molecule has 0 aromatic rings. The number of nitrogens with one attached hydrogen (secondary N) is 1. The van der Waals surface area contributed by atoms with Crippen molar-refractivity contribution < 1.29 is 4.74 Å². The highest BCUT2D eigenvalue weighted by molar-refractivity contribution is 5.88. The second-order valence-electron chi connectivity index (χ2n) is 4.70. The Morgan fingerprint density at radius 2 is 1.92 bits per heavy atom. The van der Waals surface area contributed by atoms with Crippen molar-refractivity contribution in [2.45, 2.75) is 40.5 Å². The first-order valence-corrected chi connectivity index (χ1v) is 4.97. The van der Waals surface area contributed by atoms with Crippen LogP contribution in [0.2, 0.25) is 0 Å². The molecule has 0 rings (SSSR count). The highest BCUT2D eigenvalue weighted by Crippen LogP contribution is 2.22. The normalized spacial score (nSPS) is 14.2. The molecule has 0 aliphatic heterocycles. The average molecular weight is 185 g/mol. The lowest BCUT2D eigenvalue weighted by Crippen LogP contribution is -2.26. The minimum atomic E-state index is 0.0203. The summed E-state index contributed by atoms with van der Waals surface area (Å²) in [6.45, 7) is 9.23. The average Bonchev–Trinajstić information content (AvgIpc) is 2.01. The van der Waals surface area contributed by atoms with E-state index in [4.69, 9.17) is 10.1 Å². The van der Waals surface area contributed by atoms with E-state index in [1.165, 1.54) is 0 Å². The third-order valence-corrected chi connectivity index (χ3v) is 2.29. The summed E-state index contributed by atoms with van der Waals surface area (Å²) in [4.78, 5) is 0. The highest BCUT2D eigenvalue weighted by atomic mass is 16.5. The summed E-state index contributed by atoms with van der Waals surface area (Å²) in [7, 11) is 1.72. The maximum absolute atomic E-state index is 7.94. The summed E-state index contributed by atoms with van der Waals surface area (Å²) in [6, 6.07) is 0. The van der Waals surface area contributed by atoms with Crippen LogP contribution in [0.15, 0.2) is 0 Å². The van der Waals surface area contributed by atoms with Gasteiger partial charge in [-0.1, -0.05) is 27.7 Å². The van der Waals surface area contributed by atoms with E-state index in [0.29, 0.717) is 5.92 Å². The van der Waals surface area contributed by atoms with Gasteiger partial charge in [-0.25, -0.2) is 0 Å². The van der Waals surface area contributed by atoms with E-state index in [9.17, 15) is 0 Å². The van der Waals surface area contributed by atoms with E-state index in [0.717, 1.165) is 25.2 Å². The summed E-state index contributed by atoms with van der Waals surface area (Å²) in [5.74, 6) is 0.384. The molecule has 0 saturated heterocycles. The SMILES string of the molecule is COCCCC(C)C(=N)C(C)(C)C. The lowest BCUT2D eigenvalue weighted by molar-refractivity contribution is 0.190. The zero-order valence-electron chi connectivity index (χ0n) is 9.61. The summed E-state index contributed by atoms with van der Waals surface area (Å²) in [6.07, 6.45) is 2.11. The molecular formula is C11H23NO. The van der Waals surface area contributed by atoms with Crippen molar-refractivity contribution in [3.63, 3.8) is 0 Å². The van der Waals surface area contributed by atoms with Crippen LogP contribution in [0.4, 0.5) is 0 Å². The third kappa shape index (κ3) is 5.04. The Balaban J connectivity index is 3.84. The molecule has 0 aromatic heterocycles. The molecule has 2 nitrogen and oxygen atoms in total. The van der Waals surface area contributed by atoms with E-state index in [2.05, 4.69) is 27.7 Å². The molecule has 78 valence electrons. The summed E-state index contributed by atoms with van der Waals surface area (Å²) < 4.78 is 4.99. The van der Waals surface area contributed by atoms with Gasteiger partial charge in [0.25, 0.3) is 0 Å². The van der Waals surface area contributed by atoms with Crippen molar-refractivity contribution in [1.82, 2.24) is 0 Å². The Kier molecular flexibility index (Phi) is 5.23. The van der Waals surface area contributed by atoms with Crippen molar-refractivity contribution in [1.29, 1.82) is 5.41 Å². The molecule has 0 spiro atoms. The van der Waals surface area contributed by atoms with Crippen molar-refractivity contribution in [3.8, 4) is 0 Å². The number of methoxy groups -OCH3 is 1. The van der Waals surface area contributed by atoms with Gasteiger partial charge in [0, 0.05) is 19.4 Å². The minimum Gasteiger partial charge on any atom is -0.385 e. The van der Waals surface area contributed by atoms with Gasteiger partial charge >= 0.3 is 0 Å². The maximum atomic E-state index is 7.94. The van der Waals surface area contributed by atoms with Gasteiger partial charge in [-0.2, -0.15) is 0 Å². The molecule has 0 bridgehead atoms. The Morgan fingerprint density at radius 1 is 1.38 bits per heavy atom. The smallest absolute Gasteiger partial charge is 0.0462 e. The molecule has 0 aromatic carbocycles.